The molecule has 102 valence electrons. The Labute approximate surface area is 113 Å². The summed E-state index contributed by atoms with van der Waals surface area (Å²) < 4.78 is 42.0. The van der Waals surface area contributed by atoms with Crippen molar-refractivity contribution in [3.05, 3.63) is 28.2 Å². The highest BCUT2D eigenvalue weighted by Crippen LogP contribution is 2.25. The highest BCUT2D eigenvalue weighted by atomic mass is 79.9. The Balaban J connectivity index is 2.76. The number of rotatable bonds is 5. The lowest BCUT2D eigenvalue weighted by Gasteiger charge is -2.15. The van der Waals surface area contributed by atoms with Crippen LogP contribution in [0.15, 0.2) is 22.7 Å². The van der Waals surface area contributed by atoms with Crippen LogP contribution in [0.5, 0.6) is 5.75 Å². The molecule has 0 fully saturated rings. The molecule has 1 aromatic rings. The van der Waals surface area contributed by atoms with E-state index in [0.29, 0.717) is 12.1 Å². The lowest BCUT2D eigenvalue weighted by Crippen LogP contribution is -2.23. The highest BCUT2D eigenvalue weighted by molar-refractivity contribution is 9.10. The lowest BCUT2D eigenvalue weighted by atomic mass is 10.2. The van der Waals surface area contributed by atoms with Crippen molar-refractivity contribution in [2.75, 3.05) is 6.61 Å². The second kappa shape index (κ2) is 6.43. The van der Waals surface area contributed by atoms with Gasteiger partial charge in [0.15, 0.2) is 6.61 Å². The molecule has 1 aromatic carbocycles. The Bertz CT molecular complexity index is 393. The topological polar surface area (TPSA) is 21.3 Å². The van der Waals surface area contributed by atoms with Crippen LogP contribution in [-0.2, 0) is 6.54 Å². The summed E-state index contributed by atoms with van der Waals surface area (Å²) in [5, 5.41) is 3.14. The standard InChI is InChI=1S/C12H15BrF3NO/c1-8(2)17-6-9-5-10(13)3-4-11(9)18-7-12(14,15)16/h3-5,8,17H,6-7H2,1-2H3. The summed E-state index contributed by atoms with van der Waals surface area (Å²) in [7, 11) is 0. The molecule has 6 heteroatoms. The number of hydrogen-bond acceptors (Lipinski definition) is 2. The van der Waals surface area contributed by atoms with Crippen LogP contribution in [-0.4, -0.2) is 18.8 Å². The number of nitrogens with one attached hydrogen (secondary N) is 1. The molecule has 0 bridgehead atoms. The molecule has 0 radical (unpaired) electrons. The van der Waals surface area contributed by atoms with Gasteiger partial charge in [0.1, 0.15) is 5.75 Å². The molecular weight excluding hydrogens is 311 g/mol. The van der Waals surface area contributed by atoms with Gasteiger partial charge in [0, 0.05) is 22.6 Å². The summed E-state index contributed by atoms with van der Waals surface area (Å²) in [6, 6.07) is 5.19. The zero-order valence-electron chi connectivity index (χ0n) is 10.1. The second-order valence-electron chi connectivity index (χ2n) is 4.19. The van der Waals surface area contributed by atoms with Crippen LogP contribution >= 0.6 is 15.9 Å². The first-order chi connectivity index (χ1) is 8.28. The molecule has 0 aromatic heterocycles. The van der Waals surface area contributed by atoms with E-state index in [9.17, 15) is 13.2 Å². The van der Waals surface area contributed by atoms with Crippen LogP contribution in [0.1, 0.15) is 19.4 Å². The minimum absolute atomic E-state index is 0.249. The molecule has 0 aliphatic heterocycles. The zero-order chi connectivity index (χ0) is 13.8. The van der Waals surface area contributed by atoms with Gasteiger partial charge in [-0.3, -0.25) is 0 Å². The molecule has 0 amide bonds. The van der Waals surface area contributed by atoms with Crippen molar-refractivity contribution in [2.24, 2.45) is 0 Å². The summed E-state index contributed by atoms with van der Waals surface area (Å²) in [6.07, 6.45) is -4.32. The SMILES string of the molecule is CC(C)NCc1cc(Br)ccc1OCC(F)(F)F. The fraction of sp³-hybridized carbons (Fsp3) is 0.500. The zero-order valence-corrected chi connectivity index (χ0v) is 11.7. The molecule has 0 saturated heterocycles. The van der Waals surface area contributed by atoms with E-state index in [1.54, 1.807) is 12.1 Å². The van der Waals surface area contributed by atoms with Gasteiger partial charge in [0.25, 0.3) is 0 Å². The number of halogens is 4. The summed E-state index contributed by atoms with van der Waals surface area (Å²) in [4.78, 5) is 0. The molecule has 0 spiro atoms. The van der Waals surface area contributed by atoms with Crippen LogP contribution in [0.3, 0.4) is 0 Å². The normalized spacial score (nSPS) is 11.9. The Morgan fingerprint density at radius 3 is 2.56 bits per heavy atom. The van der Waals surface area contributed by atoms with Crippen molar-refractivity contribution in [1.82, 2.24) is 5.32 Å². The van der Waals surface area contributed by atoms with E-state index in [2.05, 4.69) is 21.2 Å². The lowest BCUT2D eigenvalue weighted by molar-refractivity contribution is -0.153. The van der Waals surface area contributed by atoms with E-state index in [4.69, 9.17) is 4.74 Å². The first-order valence-electron chi connectivity index (χ1n) is 5.49. The van der Waals surface area contributed by atoms with E-state index in [1.165, 1.54) is 6.07 Å². The van der Waals surface area contributed by atoms with Crippen LogP contribution in [0.25, 0.3) is 0 Å². The third-order valence-corrected chi connectivity index (χ3v) is 2.61. The third-order valence-electron chi connectivity index (χ3n) is 2.11. The minimum atomic E-state index is -4.32. The summed E-state index contributed by atoms with van der Waals surface area (Å²) in [6.45, 7) is 3.12. The molecule has 0 aliphatic rings. The van der Waals surface area contributed by atoms with Crippen molar-refractivity contribution in [1.29, 1.82) is 0 Å². The number of benzene rings is 1. The largest absolute Gasteiger partial charge is 0.484 e. The van der Waals surface area contributed by atoms with E-state index in [-0.39, 0.29) is 11.8 Å². The monoisotopic (exact) mass is 325 g/mol. The fourth-order valence-electron chi connectivity index (χ4n) is 1.30. The Kier molecular flexibility index (Phi) is 5.47. The van der Waals surface area contributed by atoms with Gasteiger partial charge in [-0.05, 0) is 18.2 Å². The molecular formula is C12H15BrF3NO. The Morgan fingerprint density at radius 1 is 1.33 bits per heavy atom. The maximum absolute atomic E-state index is 12.1. The van der Waals surface area contributed by atoms with Crippen LogP contribution < -0.4 is 10.1 Å². The summed E-state index contributed by atoms with van der Waals surface area (Å²) >= 11 is 3.29. The molecule has 18 heavy (non-hydrogen) atoms. The molecule has 0 aliphatic carbocycles. The van der Waals surface area contributed by atoms with Gasteiger partial charge < -0.3 is 10.1 Å². The molecule has 1 N–H and O–H groups in total. The van der Waals surface area contributed by atoms with Gasteiger partial charge in [0.05, 0.1) is 0 Å². The number of alkyl halides is 3. The van der Waals surface area contributed by atoms with Gasteiger partial charge in [-0.1, -0.05) is 29.8 Å². The smallest absolute Gasteiger partial charge is 0.422 e. The quantitative estimate of drug-likeness (QED) is 0.886. The minimum Gasteiger partial charge on any atom is -0.484 e. The van der Waals surface area contributed by atoms with Crippen LogP contribution in [0.4, 0.5) is 13.2 Å². The van der Waals surface area contributed by atoms with Crippen molar-refractivity contribution in [2.45, 2.75) is 32.6 Å². The van der Waals surface area contributed by atoms with E-state index in [1.807, 2.05) is 13.8 Å². The molecule has 0 atom stereocenters. The predicted octanol–water partition coefficient (Wildman–Crippen LogP) is 3.89. The van der Waals surface area contributed by atoms with E-state index in [0.717, 1.165) is 4.47 Å². The number of hydrogen-bond donors (Lipinski definition) is 1. The first-order valence-corrected chi connectivity index (χ1v) is 6.28. The summed E-state index contributed by atoms with van der Waals surface area (Å²) in [5.74, 6) is 0.253. The molecule has 0 heterocycles. The van der Waals surface area contributed by atoms with E-state index < -0.39 is 12.8 Å². The van der Waals surface area contributed by atoms with Gasteiger partial charge >= 0.3 is 6.18 Å². The maximum atomic E-state index is 12.1. The summed E-state index contributed by atoms with van der Waals surface area (Å²) in [5.41, 5.74) is 0.697. The van der Waals surface area contributed by atoms with Crippen LogP contribution in [0, 0.1) is 0 Å². The average Bonchev–Trinajstić information content (AvgIpc) is 2.23. The average molecular weight is 326 g/mol. The highest BCUT2D eigenvalue weighted by Gasteiger charge is 2.28. The second-order valence-corrected chi connectivity index (χ2v) is 5.11. The third kappa shape index (κ3) is 5.73. The van der Waals surface area contributed by atoms with Crippen molar-refractivity contribution >= 4 is 15.9 Å². The van der Waals surface area contributed by atoms with Gasteiger partial charge in [0.2, 0.25) is 0 Å². The van der Waals surface area contributed by atoms with Gasteiger partial charge in [-0.2, -0.15) is 13.2 Å². The molecule has 1 rings (SSSR count). The molecule has 2 nitrogen and oxygen atoms in total. The first kappa shape index (κ1) is 15.3. The Morgan fingerprint density at radius 2 is 2.00 bits per heavy atom. The van der Waals surface area contributed by atoms with Crippen molar-refractivity contribution in [3.63, 3.8) is 0 Å². The predicted molar refractivity (Wildman–Crippen MR) is 67.7 cm³/mol. The Hall–Kier alpha value is -0.750. The van der Waals surface area contributed by atoms with Gasteiger partial charge in [-0.15, -0.1) is 0 Å². The van der Waals surface area contributed by atoms with Crippen molar-refractivity contribution < 1.29 is 17.9 Å². The van der Waals surface area contributed by atoms with Crippen LogP contribution in [0.2, 0.25) is 0 Å². The molecule has 0 saturated carbocycles. The fourth-order valence-corrected chi connectivity index (χ4v) is 1.71. The van der Waals surface area contributed by atoms with Gasteiger partial charge in [-0.25, -0.2) is 0 Å². The van der Waals surface area contributed by atoms with E-state index >= 15 is 0 Å². The maximum Gasteiger partial charge on any atom is 0.422 e. The molecule has 0 unspecified atom stereocenters. The van der Waals surface area contributed by atoms with Crippen molar-refractivity contribution in [3.8, 4) is 5.75 Å². The number of ether oxygens (including phenoxy) is 1.